The topological polar surface area (TPSA) is 83.2 Å². The number of piperazine rings is 1. The molecule has 2 aliphatic rings. The Bertz CT molecular complexity index is 1090. The quantitative estimate of drug-likeness (QED) is 0.680. The lowest BCUT2D eigenvalue weighted by Gasteiger charge is -2.29. The molecule has 2 atom stereocenters. The van der Waals surface area contributed by atoms with Crippen LogP contribution in [0.1, 0.15) is 51.4 Å². The maximum atomic E-state index is 12.6. The molecule has 3 heterocycles. The number of hydrogen-bond donors (Lipinski definition) is 3. The second-order valence-electron chi connectivity index (χ2n) is 9.34. The summed E-state index contributed by atoms with van der Waals surface area (Å²) in [5.74, 6) is 0.491. The molecule has 158 valence electrons. The van der Waals surface area contributed by atoms with Crippen LogP contribution in [-0.2, 0) is 21.4 Å². The molecule has 3 N–H and O–H groups in total. The van der Waals surface area contributed by atoms with E-state index in [0.717, 1.165) is 33.5 Å². The van der Waals surface area contributed by atoms with E-state index in [1.165, 1.54) is 0 Å². The third-order valence-electron chi connectivity index (χ3n) is 6.05. The van der Waals surface area contributed by atoms with Gasteiger partial charge in [0.2, 0.25) is 11.8 Å². The molecule has 0 spiro atoms. The van der Waals surface area contributed by atoms with Gasteiger partial charge in [0.15, 0.2) is 0 Å². The fourth-order valence-electron chi connectivity index (χ4n) is 4.13. The van der Waals surface area contributed by atoms with Crippen LogP contribution in [0.2, 0.25) is 0 Å². The Labute approximate surface area is 176 Å². The molecular formula is C24H29N3O3. The van der Waals surface area contributed by atoms with Crippen LogP contribution < -0.4 is 15.4 Å². The lowest BCUT2D eigenvalue weighted by Crippen LogP contribution is -2.61. The van der Waals surface area contributed by atoms with Gasteiger partial charge in [-0.2, -0.15) is 0 Å². The average molecular weight is 408 g/mol. The number of rotatable bonds is 4. The van der Waals surface area contributed by atoms with Crippen molar-refractivity contribution in [3.05, 3.63) is 47.7 Å². The first kappa shape index (κ1) is 20.3. The molecule has 2 unspecified atom stereocenters. The minimum Gasteiger partial charge on any atom is -0.483 e. The smallest absolute Gasteiger partial charge is 0.243 e. The number of carbonyl (C=O) groups excluding carboxylic acids is 2. The van der Waals surface area contributed by atoms with Crippen molar-refractivity contribution >= 4 is 28.8 Å². The molecule has 0 bridgehead atoms. The Morgan fingerprint density at radius 1 is 1.20 bits per heavy atom. The maximum absolute atomic E-state index is 12.6. The summed E-state index contributed by atoms with van der Waals surface area (Å²) in [5.41, 5.74) is 3.24. The lowest BCUT2D eigenvalue weighted by atomic mass is 9.84. The van der Waals surface area contributed by atoms with Crippen LogP contribution in [0.4, 0.5) is 0 Å². The molecular weight excluding hydrogens is 378 g/mol. The van der Waals surface area contributed by atoms with Gasteiger partial charge in [-0.15, -0.1) is 6.58 Å². The van der Waals surface area contributed by atoms with E-state index < -0.39 is 12.1 Å². The highest BCUT2D eigenvalue weighted by Crippen LogP contribution is 2.40. The molecule has 1 aromatic heterocycles. The molecule has 30 heavy (non-hydrogen) atoms. The largest absolute Gasteiger partial charge is 0.483 e. The number of hydrogen-bond acceptors (Lipinski definition) is 3. The van der Waals surface area contributed by atoms with Crippen LogP contribution in [0.3, 0.4) is 0 Å². The average Bonchev–Trinajstić information content (AvgIpc) is 3.04. The molecule has 0 saturated carbocycles. The highest BCUT2D eigenvalue weighted by atomic mass is 16.5. The molecule has 4 rings (SSSR count). The Balaban J connectivity index is 1.85. The Kier molecular flexibility index (Phi) is 4.56. The summed E-state index contributed by atoms with van der Waals surface area (Å²) >= 11 is 0. The zero-order chi connectivity index (χ0) is 21.8. The molecule has 2 amide bonds. The van der Waals surface area contributed by atoms with Crippen LogP contribution in [-0.4, -0.2) is 34.5 Å². The third kappa shape index (κ3) is 3.30. The van der Waals surface area contributed by atoms with Crippen LogP contribution in [0.5, 0.6) is 5.75 Å². The summed E-state index contributed by atoms with van der Waals surface area (Å²) in [6.07, 6.45) is 6.42. The Morgan fingerprint density at radius 3 is 2.63 bits per heavy atom. The van der Waals surface area contributed by atoms with E-state index >= 15 is 0 Å². The minimum atomic E-state index is -0.617. The van der Waals surface area contributed by atoms with Crippen molar-refractivity contribution in [3.63, 3.8) is 0 Å². The number of fused-ring (bicyclic) bond motifs is 3. The highest BCUT2D eigenvalue weighted by Gasteiger charge is 2.34. The summed E-state index contributed by atoms with van der Waals surface area (Å²) in [6.45, 7) is 13.9. The zero-order valence-electron chi connectivity index (χ0n) is 18.2. The summed E-state index contributed by atoms with van der Waals surface area (Å²) in [5, 5.41) is 6.64. The number of ether oxygens (including phenoxy) is 1. The van der Waals surface area contributed by atoms with Crippen LogP contribution in [0, 0.1) is 0 Å². The molecule has 1 aromatic carbocycles. The number of nitrogens with one attached hydrogen (secondary N) is 3. The first-order chi connectivity index (χ1) is 14.0. The van der Waals surface area contributed by atoms with Crippen LogP contribution in [0.25, 0.3) is 17.0 Å². The van der Waals surface area contributed by atoms with Gasteiger partial charge in [0.25, 0.3) is 0 Å². The number of allylic oxidation sites excluding steroid dienone is 1. The van der Waals surface area contributed by atoms with Crippen molar-refractivity contribution in [2.24, 2.45) is 0 Å². The van der Waals surface area contributed by atoms with Crippen molar-refractivity contribution in [2.75, 3.05) is 0 Å². The van der Waals surface area contributed by atoms with E-state index in [1.807, 2.05) is 38.1 Å². The second kappa shape index (κ2) is 6.76. The van der Waals surface area contributed by atoms with E-state index in [-0.39, 0.29) is 22.8 Å². The van der Waals surface area contributed by atoms with Gasteiger partial charge >= 0.3 is 0 Å². The van der Waals surface area contributed by atoms with E-state index in [9.17, 15) is 9.59 Å². The van der Waals surface area contributed by atoms with E-state index in [2.05, 4.69) is 42.1 Å². The number of H-pyrrole nitrogens is 1. The van der Waals surface area contributed by atoms with Crippen LogP contribution >= 0.6 is 0 Å². The zero-order valence-corrected chi connectivity index (χ0v) is 18.2. The fraction of sp³-hybridized carbons (Fsp3) is 0.417. The van der Waals surface area contributed by atoms with Crippen molar-refractivity contribution in [2.45, 2.75) is 64.1 Å². The lowest BCUT2D eigenvalue weighted by molar-refractivity contribution is -0.136. The van der Waals surface area contributed by atoms with Gasteiger partial charge in [0.1, 0.15) is 23.4 Å². The minimum absolute atomic E-state index is 0.165. The van der Waals surface area contributed by atoms with E-state index in [1.54, 1.807) is 6.92 Å². The van der Waals surface area contributed by atoms with Gasteiger partial charge < -0.3 is 20.4 Å². The van der Waals surface area contributed by atoms with Crippen molar-refractivity contribution in [1.29, 1.82) is 0 Å². The SMILES string of the molecule is C=CC(C)(C)c1[nH]c2c3c(ccc2c1CC1NC(=O)C(C)NC1=O)OC(C)(C)C=C3. The van der Waals surface area contributed by atoms with Crippen LogP contribution in [0.15, 0.2) is 30.9 Å². The number of benzene rings is 1. The first-order valence-corrected chi connectivity index (χ1v) is 10.3. The monoisotopic (exact) mass is 407 g/mol. The molecule has 2 aliphatic heterocycles. The normalized spacial score (nSPS) is 22.8. The number of amides is 2. The molecule has 6 heteroatoms. The number of carbonyl (C=O) groups is 2. The molecule has 0 radical (unpaired) electrons. The number of aromatic amines is 1. The number of aromatic nitrogens is 1. The molecule has 1 saturated heterocycles. The molecule has 0 aliphatic carbocycles. The second-order valence-corrected chi connectivity index (χ2v) is 9.34. The third-order valence-corrected chi connectivity index (χ3v) is 6.05. The Hall–Kier alpha value is -3.02. The van der Waals surface area contributed by atoms with Gasteiger partial charge in [-0.05, 0) is 50.6 Å². The summed E-state index contributed by atoms with van der Waals surface area (Å²) < 4.78 is 6.13. The van der Waals surface area contributed by atoms with Gasteiger partial charge in [-0.3, -0.25) is 9.59 Å². The standard InChI is InChI=1S/C24H29N3O3/c1-7-23(3,4)20-16(12-17-22(29)25-13(2)21(28)26-17)14-8-9-18-15(19(14)27-20)10-11-24(5,6)30-18/h7-11,13,17,27H,1,12H2,2-6H3,(H,25,29)(H,26,28). The molecule has 6 nitrogen and oxygen atoms in total. The fourth-order valence-corrected chi connectivity index (χ4v) is 4.13. The predicted octanol–water partition coefficient (Wildman–Crippen LogP) is 3.36. The van der Waals surface area contributed by atoms with Gasteiger partial charge in [-0.25, -0.2) is 0 Å². The van der Waals surface area contributed by atoms with Crippen molar-refractivity contribution in [3.8, 4) is 5.75 Å². The van der Waals surface area contributed by atoms with Gasteiger partial charge in [-0.1, -0.05) is 19.9 Å². The highest BCUT2D eigenvalue weighted by molar-refractivity contribution is 5.98. The van der Waals surface area contributed by atoms with E-state index in [0.29, 0.717) is 6.42 Å². The summed E-state index contributed by atoms with van der Waals surface area (Å²) in [6, 6.07) is 2.88. The maximum Gasteiger partial charge on any atom is 0.243 e. The van der Waals surface area contributed by atoms with Crippen molar-refractivity contribution < 1.29 is 14.3 Å². The molecule has 1 fully saturated rings. The van der Waals surface area contributed by atoms with Crippen molar-refractivity contribution in [1.82, 2.24) is 15.6 Å². The van der Waals surface area contributed by atoms with E-state index in [4.69, 9.17) is 4.74 Å². The summed E-state index contributed by atoms with van der Waals surface area (Å²) in [7, 11) is 0. The van der Waals surface area contributed by atoms with Gasteiger partial charge in [0.05, 0.1) is 5.52 Å². The molecule has 2 aromatic rings. The Morgan fingerprint density at radius 2 is 1.93 bits per heavy atom. The van der Waals surface area contributed by atoms with Gasteiger partial charge in [0, 0.05) is 28.5 Å². The summed E-state index contributed by atoms with van der Waals surface area (Å²) in [4.78, 5) is 28.3. The predicted molar refractivity (Wildman–Crippen MR) is 119 cm³/mol. The first-order valence-electron chi connectivity index (χ1n) is 10.3.